The van der Waals surface area contributed by atoms with Gasteiger partial charge in [-0.2, -0.15) is 0 Å². The second-order valence-corrected chi connectivity index (χ2v) is 10.1. The Morgan fingerprint density at radius 2 is 1.87 bits per heavy atom. The summed E-state index contributed by atoms with van der Waals surface area (Å²) in [6.07, 6.45) is 1.73. The lowest BCUT2D eigenvalue weighted by Crippen LogP contribution is -2.39. The molecule has 1 atom stereocenters. The summed E-state index contributed by atoms with van der Waals surface area (Å²) in [4.78, 5) is 31.8. The molecule has 10 heteroatoms. The monoisotopic (exact) mass is 536 g/mol. The molecule has 0 saturated heterocycles. The molecule has 38 heavy (non-hydrogen) atoms. The molecule has 2 aliphatic heterocycles. The molecular weight excluding hydrogens is 508 g/mol. The summed E-state index contributed by atoms with van der Waals surface area (Å²) >= 11 is 1.25. The molecule has 2 aromatic carbocycles. The van der Waals surface area contributed by atoms with Crippen LogP contribution >= 0.6 is 11.3 Å². The molecule has 0 N–H and O–H groups in total. The van der Waals surface area contributed by atoms with Crippen LogP contribution in [0.15, 0.2) is 57.5 Å². The third kappa shape index (κ3) is 4.67. The van der Waals surface area contributed by atoms with Crippen LogP contribution in [-0.2, 0) is 9.53 Å². The van der Waals surface area contributed by atoms with E-state index in [2.05, 4.69) is 4.99 Å². The van der Waals surface area contributed by atoms with Crippen molar-refractivity contribution in [2.45, 2.75) is 32.9 Å². The van der Waals surface area contributed by atoms with Crippen LogP contribution in [0.3, 0.4) is 0 Å². The maximum atomic E-state index is 13.8. The highest BCUT2D eigenvalue weighted by atomic mass is 32.1. The van der Waals surface area contributed by atoms with E-state index in [0.717, 1.165) is 5.56 Å². The molecule has 0 amide bonds. The molecule has 0 bridgehead atoms. The number of carbonyl (C=O) groups excluding carboxylic acids is 1. The van der Waals surface area contributed by atoms with Crippen LogP contribution in [0.2, 0.25) is 0 Å². The summed E-state index contributed by atoms with van der Waals surface area (Å²) in [7, 11) is 2.86. The van der Waals surface area contributed by atoms with Crippen molar-refractivity contribution in [1.82, 2.24) is 4.57 Å². The van der Waals surface area contributed by atoms with Crippen LogP contribution in [0.1, 0.15) is 37.9 Å². The van der Waals surface area contributed by atoms with E-state index in [4.69, 9.17) is 23.7 Å². The zero-order chi connectivity index (χ0) is 27.0. The lowest BCUT2D eigenvalue weighted by molar-refractivity contribution is -0.136. The van der Waals surface area contributed by atoms with Crippen molar-refractivity contribution in [3.8, 4) is 23.0 Å². The predicted octanol–water partition coefficient (Wildman–Crippen LogP) is 2.98. The van der Waals surface area contributed by atoms with Crippen LogP contribution in [0, 0.1) is 0 Å². The number of aromatic nitrogens is 1. The van der Waals surface area contributed by atoms with E-state index < -0.39 is 12.0 Å². The molecule has 0 saturated carbocycles. The first-order valence-corrected chi connectivity index (χ1v) is 13.0. The first-order chi connectivity index (χ1) is 18.3. The van der Waals surface area contributed by atoms with Crippen LogP contribution in [-0.4, -0.2) is 44.1 Å². The first-order valence-electron chi connectivity index (χ1n) is 12.2. The number of hydrogen-bond donors (Lipinski definition) is 0. The Morgan fingerprint density at radius 3 is 2.58 bits per heavy atom. The van der Waals surface area contributed by atoms with Gasteiger partial charge in [0, 0.05) is 0 Å². The SMILES string of the molecule is COC(=O)C1=C(C)N=c2s/c(=C/c3ccc4c(c3)OCCO4)c(=O)n2[C@H]1c1ccc(OC(C)C)c(OC)c1. The maximum absolute atomic E-state index is 13.8. The molecule has 2 aliphatic rings. The summed E-state index contributed by atoms with van der Waals surface area (Å²) in [6.45, 7) is 6.56. The molecule has 0 radical (unpaired) electrons. The normalized spacial score (nSPS) is 16.7. The molecule has 198 valence electrons. The predicted molar refractivity (Wildman–Crippen MR) is 142 cm³/mol. The zero-order valence-electron chi connectivity index (χ0n) is 21.8. The molecule has 3 heterocycles. The Kier molecular flexibility index (Phi) is 6.98. The number of methoxy groups -OCH3 is 2. The number of carbonyl (C=O) groups is 1. The average Bonchev–Trinajstić information content (AvgIpc) is 3.21. The molecule has 5 rings (SSSR count). The number of esters is 1. The lowest BCUT2D eigenvalue weighted by Gasteiger charge is -2.25. The van der Waals surface area contributed by atoms with Gasteiger partial charge in [0.1, 0.15) is 13.2 Å². The van der Waals surface area contributed by atoms with Gasteiger partial charge in [-0.3, -0.25) is 9.36 Å². The zero-order valence-corrected chi connectivity index (χ0v) is 22.6. The number of nitrogens with zero attached hydrogens (tertiary/aromatic N) is 2. The van der Waals surface area contributed by atoms with Crippen LogP contribution < -0.4 is 33.8 Å². The Morgan fingerprint density at radius 1 is 1.11 bits per heavy atom. The van der Waals surface area contributed by atoms with Crippen LogP contribution in [0.5, 0.6) is 23.0 Å². The van der Waals surface area contributed by atoms with E-state index in [9.17, 15) is 9.59 Å². The lowest BCUT2D eigenvalue weighted by atomic mass is 9.95. The average molecular weight is 537 g/mol. The first kappa shape index (κ1) is 25.6. The van der Waals surface area contributed by atoms with Crippen molar-refractivity contribution in [2.75, 3.05) is 27.4 Å². The van der Waals surface area contributed by atoms with E-state index in [1.54, 1.807) is 32.2 Å². The number of thiazole rings is 1. The summed E-state index contributed by atoms with van der Waals surface area (Å²) in [5, 5.41) is 0. The molecular formula is C28H28N2O7S. The van der Waals surface area contributed by atoms with Crippen LogP contribution in [0.4, 0.5) is 0 Å². The molecule has 3 aromatic rings. The fraction of sp³-hybridized carbons (Fsp3) is 0.321. The van der Waals surface area contributed by atoms with E-state index in [1.165, 1.54) is 23.0 Å². The highest BCUT2D eigenvalue weighted by Crippen LogP contribution is 2.36. The van der Waals surface area contributed by atoms with Gasteiger partial charge < -0.3 is 23.7 Å². The Hall–Kier alpha value is -4.05. The highest BCUT2D eigenvalue weighted by Gasteiger charge is 2.33. The van der Waals surface area contributed by atoms with Crippen molar-refractivity contribution in [2.24, 2.45) is 4.99 Å². The van der Waals surface area contributed by atoms with Gasteiger partial charge in [-0.05, 0) is 62.2 Å². The molecule has 9 nitrogen and oxygen atoms in total. The third-order valence-corrected chi connectivity index (χ3v) is 7.14. The van der Waals surface area contributed by atoms with Gasteiger partial charge in [0.05, 0.1) is 42.2 Å². The minimum atomic E-state index is -0.761. The standard InChI is InChI=1S/C28H28N2O7S/c1-15(2)37-20-9-7-18(14-21(20)33-4)25-24(27(32)34-5)16(3)29-28-30(25)26(31)23(38-28)13-17-6-8-19-22(12-17)36-11-10-35-19/h6-9,12-15,25H,10-11H2,1-5H3/b23-13+/t25-/m0/s1. The molecule has 0 fully saturated rings. The smallest absolute Gasteiger partial charge is 0.338 e. The molecule has 0 spiro atoms. The topological polar surface area (TPSA) is 97.6 Å². The largest absolute Gasteiger partial charge is 0.493 e. The maximum Gasteiger partial charge on any atom is 0.338 e. The van der Waals surface area contributed by atoms with Gasteiger partial charge in [-0.15, -0.1) is 0 Å². The third-order valence-electron chi connectivity index (χ3n) is 6.16. The van der Waals surface area contributed by atoms with Crippen molar-refractivity contribution in [3.63, 3.8) is 0 Å². The fourth-order valence-electron chi connectivity index (χ4n) is 4.51. The minimum absolute atomic E-state index is 0.0549. The van der Waals surface area contributed by atoms with Gasteiger partial charge >= 0.3 is 5.97 Å². The van der Waals surface area contributed by atoms with Crippen molar-refractivity contribution < 1.29 is 28.5 Å². The van der Waals surface area contributed by atoms with Crippen LogP contribution in [0.25, 0.3) is 6.08 Å². The van der Waals surface area contributed by atoms with Crippen molar-refractivity contribution in [1.29, 1.82) is 0 Å². The summed E-state index contributed by atoms with van der Waals surface area (Å²) in [5.74, 6) is 1.81. The van der Waals surface area contributed by atoms with E-state index >= 15 is 0 Å². The Bertz CT molecular complexity index is 1620. The van der Waals surface area contributed by atoms with Gasteiger partial charge in [0.25, 0.3) is 5.56 Å². The summed E-state index contributed by atoms with van der Waals surface area (Å²) in [5.41, 5.74) is 1.95. The second-order valence-electron chi connectivity index (χ2n) is 9.05. The fourth-order valence-corrected chi connectivity index (χ4v) is 5.56. The number of benzene rings is 2. The number of rotatable bonds is 6. The number of hydrogen-bond acceptors (Lipinski definition) is 9. The van der Waals surface area contributed by atoms with E-state index in [-0.39, 0.29) is 17.2 Å². The molecule has 0 unspecified atom stereocenters. The van der Waals surface area contributed by atoms with Gasteiger partial charge in [-0.25, -0.2) is 9.79 Å². The van der Waals surface area contributed by atoms with Gasteiger partial charge in [0.2, 0.25) is 0 Å². The van der Waals surface area contributed by atoms with E-state index in [0.29, 0.717) is 56.8 Å². The van der Waals surface area contributed by atoms with Gasteiger partial charge in [0.15, 0.2) is 27.8 Å². The molecule has 1 aromatic heterocycles. The number of ether oxygens (including phenoxy) is 5. The number of fused-ring (bicyclic) bond motifs is 2. The quantitative estimate of drug-likeness (QED) is 0.447. The molecule has 0 aliphatic carbocycles. The summed E-state index contributed by atoms with van der Waals surface area (Å²) in [6, 6.07) is 10.2. The Labute approximate surface area is 223 Å². The minimum Gasteiger partial charge on any atom is -0.493 e. The Balaban J connectivity index is 1.67. The second kappa shape index (κ2) is 10.4. The number of allylic oxidation sites excluding steroid dienone is 1. The van der Waals surface area contributed by atoms with Crippen molar-refractivity contribution in [3.05, 3.63) is 78.5 Å². The summed E-state index contributed by atoms with van der Waals surface area (Å²) < 4.78 is 29.8. The van der Waals surface area contributed by atoms with Gasteiger partial charge in [-0.1, -0.05) is 23.5 Å². The van der Waals surface area contributed by atoms with Crippen molar-refractivity contribution >= 4 is 23.4 Å². The van der Waals surface area contributed by atoms with E-state index in [1.807, 2.05) is 38.1 Å². The highest BCUT2D eigenvalue weighted by molar-refractivity contribution is 7.07.